The summed E-state index contributed by atoms with van der Waals surface area (Å²) >= 11 is 0. The number of aliphatic hydroxyl groups is 1. The van der Waals surface area contributed by atoms with Gasteiger partial charge in [-0.2, -0.15) is 0 Å². The standard InChI is InChI=1S/C6H9O2/c1-3-4-8-5-6(2)7/h1,6-7H,2,4-5H2. The Bertz CT molecular complexity index is 81.0. The van der Waals surface area contributed by atoms with Crippen molar-refractivity contribution in [3.05, 3.63) is 6.92 Å². The molecule has 0 aliphatic carbocycles. The maximum absolute atomic E-state index is 8.47. The highest BCUT2D eigenvalue weighted by molar-refractivity contribution is 4.82. The van der Waals surface area contributed by atoms with Gasteiger partial charge in [0.05, 0.1) is 12.7 Å². The monoisotopic (exact) mass is 113 g/mol. The van der Waals surface area contributed by atoms with Gasteiger partial charge in [-0.3, -0.25) is 0 Å². The molecule has 1 radical (unpaired) electrons. The SMILES string of the molecule is C#CCOCC([CH2])O. The van der Waals surface area contributed by atoms with E-state index in [0.717, 1.165) is 0 Å². The van der Waals surface area contributed by atoms with Crippen LogP contribution in [0, 0.1) is 19.3 Å². The largest absolute Gasteiger partial charge is 0.391 e. The van der Waals surface area contributed by atoms with Crippen molar-refractivity contribution in [2.45, 2.75) is 6.10 Å². The normalized spacial score (nSPS) is 12.6. The molecule has 0 saturated heterocycles. The topological polar surface area (TPSA) is 29.5 Å². The van der Waals surface area contributed by atoms with E-state index in [1.807, 2.05) is 0 Å². The van der Waals surface area contributed by atoms with E-state index in [1.54, 1.807) is 0 Å². The van der Waals surface area contributed by atoms with Crippen molar-refractivity contribution in [1.82, 2.24) is 0 Å². The molecule has 0 rings (SSSR count). The van der Waals surface area contributed by atoms with Gasteiger partial charge < -0.3 is 9.84 Å². The summed E-state index contributed by atoms with van der Waals surface area (Å²) in [6, 6.07) is 0. The smallest absolute Gasteiger partial charge is 0.107 e. The van der Waals surface area contributed by atoms with Crippen LogP contribution in [-0.2, 0) is 4.74 Å². The van der Waals surface area contributed by atoms with Crippen LogP contribution < -0.4 is 0 Å². The Morgan fingerprint density at radius 3 is 2.88 bits per heavy atom. The van der Waals surface area contributed by atoms with Crippen molar-refractivity contribution in [3.63, 3.8) is 0 Å². The van der Waals surface area contributed by atoms with E-state index in [-0.39, 0.29) is 13.2 Å². The van der Waals surface area contributed by atoms with E-state index in [4.69, 9.17) is 16.3 Å². The molecule has 0 aliphatic rings. The van der Waals surface area contributed by atoms with Gasteiger partial charge in [-0.25, -0.2) is 0 Å². The molecule has 0 spiro atoms. The van der Waals surface area contributed by atoms with Gasteiger partial charge in [0.25, 0.3) is 0 Å². The third-order valence-electron chi connectivity index (χ3n) is 0.496. The van der Waals surface area contributed by atoms with Crippen LogP contribution in [0.2, 0.25) is 0 Å². The number of hydrogen-bond acceptors (Lipinski definition) is 2. The molecule has 0 heterocycles. The van der Waals surface area contributed by atoms with E-state index in [9.17, 15) is 0 Å². The molecular formula is C6H9O2. The molecule has 1 atom stereocenters. The average Bonchev–Trinajstić information content (AvgIpc) is 1.66. The highest BCUT2D eigenvalue weighted by Crippen LogP contribution is 1.79. The van der Waals surface area contributed by atoms with Crippen molar-refractivity contribution in [2.75, 3.05) is 13.2 Å². The van der Waals surface area contributed by atoms with Crippen LogP contribution in [0.3, 0.4) is 0 Å². The fraction of sp³-hybridized carbons (Fsp3) is 0.500. The zero-order valence-electron chi connectivity index (χ0n) is 4.63. The highest BCUT2D eigenvalue weighted by Gasteiger charge is 1.91. The number of terminal acetylenes is 1. The lowest BCUT2D eigenvalue weighted by Gasteiger charge is -2.00. The first-order chi connectivity index (χ1) is 3.77. The molecule has 0 bridgehead atoms. The summed E-state index contributed by atoms with van der Waals surface area (Å²) in [5.41, 5.74) is 0. The second-order valence-electron chi connectivity index (χ2n) is 1.37. The van der Waals surface area contributed by atoms with Gasteiger partial charge in [0.2, 0.25) is 0 Å². The van der Waals surface area contributed by atoms with Gasteiger partial charge >= 0.3 is 0 Å². The zero-order chi connectivity index (χ0) is 6.41. The lowest BCUT2D eigenvalue weighted by Crippen LogP contribution is -2.10. The van der Waals surface area contributed by atoms with Crippen molar-refractivity contribution < 1.29 is 9.84 Å². The summed E-state index contributed by atoms with van der Waals surface area (Å²) in [4.78, 5) is 0. The van der Waals surface area contributed by atoms with Crippen LogP contribution in [0.4, 0.5) is 0 Å². The summed E-state index contributed by atoms with van der Waals surface area (Å²) in [6.07, 6.45) is 4.17. The third-order valence-corrected chi connectivity index (χ3v) is 0.496. The Kier molecular flexibility index (Phi) is 4.33. The van der Waals surface area contributed by atoms with E-state index < -0.39 is 6.10 Å². The van der Waals surface area contributed by atoms with E-state index in [1.165, 1.54) is 0 Å². The minimum Gasteiger partial charge on any atom is -0.391 e. The van der Waals surface area contributed by atoms with Crippen molar-refractivity contribution >= 4 is 0 Å². The molecule has 0 saturated carbocycles. The summed E-state index contributed by atoms with van der Waals surface area (Å²) < 4.78 is 4.70. The van der Waals surface area contributed by atoms with E-state index in [2.05, 4.69) is 12.8 Å². The van der Waals surface area contributed by atoms with Gasteiger partial charge in [0.1, 0.15) is 6.61 Å². The first kappa shape index (κ1) is 7.48. The Morgan fingerprint density at radius 1 is 1.88 bits per heavy atom. The van der Waals surface area contributed by atoms with Gasteiger partial charge in [0.15, 0.2) is 0 Å². The first-order valence-electron chi connectivity index (χ1n) is 2.29. The van der Waals surface area contributed by atoms with E-state index >= 15 is 0 Å². The van der Waals surface area contributed by atoms with Gasteiger partial charge in [-0.15, -0.1) is 6.42 Å². The minimum absolute atomic E-state index is 0.212. The number of aliphatic hydroxyl groups excluding tert-OH is 1. The molecule has 1 N–H and O–H groups in total. The molecule has 0 amide bonds. The van der Waals surface area contributed by atoms with Crippen LogP contribution in [-0.4, -0.2) is 24.4 Å². The van der Waals surface area contributed by atoms with Crippen LogP contribution in [0.1, 0.15) is 0 Å². The molecule has 45 valence electrons. The quantitative estimate of drug-likeness (QED) is 0.407. The van der Waals surface area contributed by atoms with E-state index in [0.29, 0.717) is 0 Å². The van der Waals surface area contributed by atoms with Crippen molar-refractivity contribution in [2.24, 2.45) is 0 Å². The summed E-state index contributed by atoms with van der Waals surface area (Å²) in [5, 5.41) is 8.47. The molecule has 0 aromatic rings. The van der Waals surface area contributed by atoms with Crippen molar-refractivity contribution in [1.29, 1.82) is 0 Å². The van der Waals surface area contributed by atoms with Crippen LogP contribution in [0.5, 0.6) is 0 Å². The Balaban J connectivity index is 2.85. The molecule has 8 heavy (non-hydrogen) atoms. The Labute approximate surface area is 49.5 Å². The van der Waals surface area contributed by atoms with Crippen LogP contribution in [0.15, 0.2) is 0 Å². The zero-order valence-corrected chi connectivity index (χ0v) is 4.63. The van der Waals surface area contributed by atoms with Gasteiger partial charge in [0, 0.05) is 0 Å². The number of hydrogen-bond donors (Lipinski definition) is 1. The summed E-state index contributed by atoms with van der Waals surface area (Å²) in [5.74, 6) is 2.26. The molecule has 2 heteroatoms. The average molecular weight is 113 g/mol. The third kappa shape index (κ3) is 5.48. The summed E-state index contributed by atoms with van der Waals surface area (Å²) in [6.45, 7) is 3.73. The molecule has 0 aromatic carbocycles. The predicted octanol–water partition coefficient (Wildman–Crippen LogP) is -0.169. The minimum atomic E-state index is -0.664. The predicted molar refractivity (Wildman–Crippen MR) is 31.0 cm³/mol. The molecular weight excluding hydrogens is 104 g/mol. The Hall–Kier alpha value is -0.520. The maximum atomic E-state index is 8.47. The fourth-order valence-corrected chi connectivity index (χ4v) is 0.254. The second kappa shape index (κ2) is 4.63. The fourth-order valence-electron chi connectivity index (χ4n) is 0.254. The highest BCUT2D eigenvalue weighted by atomic mass is 16.5. The number of ether oxygens (including phenoxy) is 1. The van der Waals surface area contributed by atoms with Gasteiger partial charge in [-0.1, -0.05) is 5.92 Å². The molecule has 2 nitrogen and oxygen atoms in total. The van der Waals surface area contributed by atoms with Gasteiger partial charge in [-0.05, 0) is 6.92 Å². The van der Waals surface area contributed by atoms with Crippen LogP contribution >= 0.6 is 0 Å². The molecule has 0 aromatic heterocycles. The molecule has 1 unspecified atom stereocenters. The molecule has 0 fully saturated rings. The second-order valence-corrected chi connectivity index (χ2v) is 1.37. The first-order valence-corrected chi connectivity index (χ1v) is 2.29. The maximum Gasteiger partial charge on any atom is 0.107 e. The number of rotatable bonds is 3. The molecule has 0 aliphatic heterocycles. The summed E-state index contributed by atoms with van der Waals surface area (Å²) in [7, 11) is 0. The van der Waals surface area contributed by atoms with Crippen LogP contribution in [0.25, 0.3) is 0 Å². The lowest BCUT2D eigenvalue weighted by atomic mass is 10.4. The Morgan fingerprint density at radius 2 is 2.50 bits per heavy atom. The lowest BCUT2D eigenvalue weighted by molar-refractivity contribution is 0.0759. The van der Waals surface area contributed by atoms with Crippen molar-refractivity contribution in [3.8, 4) is 12.3 Å².